The predicted molar refractivity (Wildman–Crippen MR) is 77.5 cm³/mol. The van der Waals surface area contributed by atoms with Crippen LogP contribution in [0, 0.1) is 0 Å². The maximum atomic E-state index is 12.4. The van der Waals surface area contributed by atoms with Gasteiger partial charge in [-0.05, 0) is 24.3 Å². The van der Waals surface area contributed by atoms with Crippen LogP contribution in [0.15, 0.2) is 36.5 Å². The molecule has 20 heavy (non-hydrogen) atoms. The van der Waals surface area contributed by atoms with Gasteiger partial charge in [-0.2, -0.15) is 0 Å². The molecule has 0 bridgehead atoms. The van der Waals surface area contributed by atoms with Crippen molar-refractivity contribution in [3.8, 4) is 0 Å². The van der Waals surface area contributed by atoms with Crippen LogP contribution >= 0.6 is 0 Å². The van der Waals surface area contributed by atoms with Gasteiger partial charge in [0.15, 0.2) is 0 Å². The number of amides is 1. The molecule has 1 fully saturated rings. The largest absolute Gasteiger partial charge is 0.391 e. The van der Waals surface area contributed by atoms with Gasteiger partial charge < -0.3 is 10.4 Å². The van der Waals surface area contributed by atoms with Gasteiger partial charge >= 0.3 is 0 Å². The molecule has 4 heteroatoms. The Morgan fingerprint density at radius 1 is 1.20 bits per heavy atom. The molecule has 0 unspecified atom stereocenters. The van der Waals surface area contributed by atoms with E-state index in [0.29, 0.717) is 5.69 Å². The fourth-order valence-electron chi connectivity index (χ4n) is 2.82. The molecule has 0 saturated heterocycles. The second-order valence-electron chi connectivity index (χ2n) is 5.31. The van der Waals surface area contributed by atoms with E-state index in [1.807, 2.05) is 30.3 Å². The van der Waals surface area contributed by atoms with Gasteiger partial charge in [0, 0.05) is 11.6 Å². The van der Waals surface area contributed by atoms with Crippen molar-refractivity contribution in [1.29, 1.82) is 0 Å². The topological polar surface area (TPSA) is 62.2 Å². The Balaban J connectivity index is 1.85. The Morgan fingerprint density at radius 2 is 2.00 bits per heavy atom. The highest BCUT2D eigenvalue weighted by molar-refractivity contribution is 6.05. The number of carbonyl (C=O) groups is 1. The summed E-state index contributed by atoms with van der Waals surface area (Å²) in [7, 11) is 0. The van der Waals surface area contributed by atoms with Gasteiger partial charge in [-0.3, -0.25) is 9.78 Å². The molecular weight excluding hydrogens is 252 g/mol. The van der Waals surface area contributed by atoms with Crippen LogP contribution in [0.1, 0.15) is 36.2 Å². The SMILES string of the molecule is O=C(N[C@@H]1CCCC[C@H]1O)c1nccc2ccccc12. The fraction of sp³-hybridized carbons (Fsp3) is 0.375. The molecule has 1 aromatic heterocycles. The van der Waals surface area contributed by atoms with Gasteiger partial charge in [0.2, 0.25) is 0 Å². The second-order valence-corrected chi connectivity index (χ2v) is 5.31. The first-order chi connectivity index (χ1) is 9.75. The molecule has 1 aliphatic carbocycles. The Bertz CT molecular complexity index is 621. The highest BCUT2D eigenvalue weighted by atomic mass is 16.3. The van der Waals surface area contributed by atoms with Crippen LogP contribution in [0.5, 0.6) is 0 Å². The van der Waals surface area contributed by atoms with Gasteiger partial charge in [-0.25, -0.2) is 0 Å². The summed E-state index contributed by atoms with van der Waals surface area (Å²) in [6.07, 6.45) is 4.87. The zero-order chi connectivity index (χ0) is 13.9. The molecule has 104 valence electrons. The van der Waals surface area contributed by atoms with Crippen LogP contribution in [0.4, 0.5) is 0 Å². The van der Waals surface area contributed by atoms with Gasteiger partial charge in [-0.15, -0.1) is 0 Å². The minimum Gasteiger partial charge on any atom is -0.391 e. The van der Waals surface area contributed by atoms with Crippen molar-refractivity contribution in [3.63, 3.8) is 0 Å². The molecule has 1 amide bonds. The fourth-order valence-corrected chi connectivity index (χ4v) is 2.82. The summed E-state index contributed by atoms with van der Waals surface area (Å²) >= 11 is 0. The van der Waals surface area contributed by atoms with Crippen LogP contribution in [-0.2, 0) is 0 Å². The first kappa shape index (κ1) is 13.1. The zero-order valence-corrected chi connectivity index (χ0v) is 11.2. The average Bonchev–Trinajstić information content (AvgIpc) is 2.49. The zero-order valence-electron chi connectivity index (χ0n) is 11.2. The number of carbonyl (C=O) groups excluding carboxylic acids is 1. The molecule has 2 aromatic rings. The van der Waals surface area contributed by atoms with Crippen molar-refractivity contribution >= 4 is 16.7 Å². The van der Waals surface area contributed by atoms with Crippen molar-refractivity contribution in [3.05, 3.63) is 42.2 Å². The van der Waals surface area contributed by atoms with Gasteiger partial charge in [0.25, 0.3) is 5.91 Å². The highest BCUT2D eigenvalue weighted by Gasteiger charge is 2.25. The third-order valence-corrected chi connectivity index (χ3v) is 3.93. The molecule has 3 rings (SSSR count). The smallest absolute Gasteiger partial charge is 0.270 e. The molecule has 1 saturated carbocycles. The van der Waals surface area contributed by atoms with Crippen LogP contribution in [-0.4, -0.2) is 28.1 Å². The van der Waals surface area contributed by atoms with Crippen molar-refractivity contribution in [2.24, 2.45) is 0 Å². The number of aliphatic hydroxyl groups is 1. The van der Waals surface area contributed by atoms with Crippen molar-refractivity contribution < 1.29 is 9.90 Å². The van der Waals surface area contributed by atoms with Crippen LogP contribution < -0.4 is 5.32 Å². The van der Waals surface area contributed by atoms with E-state index in [0.717, 1.165) is 36.5 Å². The van der Waals surface area contributed by atoms with Crippen molar-refractivity contribution in [1.82, 2.24) is 10.3 Å². The summed E-state index contributed by atoms with van der Waals surface area (Å²) in [6.45, 7) is 0. The first-order valence-electron chi connectivity index (χ1n) is 7.08. The third kappa shape index (κ3) is 2.51. The molecule has 1 heterocycles. The minimum atomic E-state index is -0.442. The molecule has 2 atom stereocenters. The molecule has 2 N–H and O–H groups in total. The number of nitrogens with one attached hydrogen (secondary N) is 1. The lowest BCUT2D eigenvalue weighted by Gasteiger charge is -2.28. The molecule has 0 spiro atoms. The van der Waals surface area contributed by atoms with E-state index in [1.54, 1.807) is 6.20 Å². The van der Waals surface area contributed by atoms with E-state index in [1.165, 1.54) is 0 Å². The minimum absolute atomic E-state index is 0.156. The first-order valence-corrected chi connectivity index (χ1v) is 7.08. The number of aliphatic hydroxyl groups excluding tert-OH is 1. The number of fused-ring (bicyclic) bond motifs is 1. The van der Waals surface area contributed by atoms with Crippen LogP contribution in [0.25, 0.3) is 10.8 Å². The monoisotopic (exact) mass is 270 g/mol. The predicted octanol–water partition coefficient (Wildman–Crippen LogP) is 2.27. The standard InChI is InChI=1S/C16H18N2O2/c19-14-8-4-3-7-13(14)18-16(20)15-12-6-2-1-5-11(12)9-10-17-15/h1-2,5-6,9-10,13-14,19H,3-4,7-8H2,(H,18,20)/t13-,14-/m1/s1. The molecule has 1 aliphatic rings. The van der Waals surface area contributed by atoms with E-state index in [9.17, 15) is 9.90 Å². The number of benzene rings is 1. The number of aromatic nitrogens is 1. The lowest BCUT2D eigenvalue weighted by Crippen LogP contribution is -2.45. The summed E-state index contributed by atoms with van der Waals surface area (Å²) in [5.74, 6) is -0.201. The Labute approximate surface area is 117 Å². The number of hydrogen-bond acceptors (Lipinski definition) is 3. The lowest BCUT2D eigenvalue weighted by molar-refractivity contribution is 0.0715. The Kier molecular flexibility index (Phi) is 3.65. The number of nitrogens with zero attached hydrogens (tertiary/aromatic N) is 1. The molecule has 0 radical (unpaired) electrons. The molecule has 4 nitrogen and oxygen atoms in total. The summed E-state index contributed by atoms with van der Waals surface area (Å²) < 4.78 is 0. The summed E-state index contributed by atoms with van der Waals surface area (Å²) in [4.78, 5) is 16.6. The van der Waals surface area contributed by atoms with E-state index >= 15 is 0 Å². The number of pyridine rings is 1. The molecule has 1 aromatic carbocycles. The average molecular weight is 270 g/mol. The summed E-state index contributed by atoms with van der Waals surface area (Å²) in [5.41, 5.74) is 0.431. The number of rotatable bonds is 2. The Hall–Kier alpha value is -1.94. The third-order valence-electron chi connectivity index (χ3n) is 3.93. The van der Waals surface area contributed by atoms with Crippen LogP contribution in [0.3, 0.4) is 0 Å². The normalized spacial score (nSPS) is 22.6. The van der Waals surface area contributed by atoms with Crippen molar-refractivity contribution in [2.45, 2.75) is 37.8 Å². The van der Waals surface area contributed by atoms with Gasteiger partial charge in [0.05, 0.1) is 12.1 Å². The highest BCUT2D eigenvalue weighted by Crippen LogP contribution is 2.20. The Morgan fingerprint density at radius 3 is 2.85 bits per heavy atom. The molecular formula is C16H18N2O2. The number of hydrogen-bond donors (Lipinski definition) is 2. The van der Waals surface area contributed by atoms with E-state index in [2.05, 4.69) is 10.3 Å². The van der Waals surface area contributed by atoms with Crippen molar-refractivity contribution in [2.75, 3.05) is 0 Å². The summed E-state index contributed by atoms with van der Waals surface area (Å²) in [5, 5.41) is 14.7. The van der Waals surface area contributed by atoms with Gasteiger partial charge in [0.1, 0.15) is 5.69 Å². The van der Waals surface area contributed by atoms with Crippen LogP contribution in [0.2, 0.25) is 0 Å². The van der Waals surface area contributed by atoms with E-state index in [-0.39, 0.29) is 11.9 Å². The lowest BCUT2D eigenvalue weighted by atomic mass is 9.92. The quantitative estimate of drug-likeness (QED) is 0.880. The summed E-state index contributed by atoms with van der Waals surface area (Å²) in [6, 6.07) is 9.43. The maximum absolute atomic E-state index is 12.4. The second kappa shape index (κ2) is 5.59. The molecule has 0 aliphatic heterocycles. The van der Waals surface area contributed by atoms with E-state index in [4.69, 9.17) is 0 Å². The van der Waals surface area contributed by atoms with E-state index < -0.39 is 6.10 Å². The maximum Gasteiger partial charge on any atom is 0.270 e. The van der Waals surface area contributed by atoms with Gasteiger partial charge in [-0.1, -0.05) is 37.1 Å².